The highest BCUT2D eigenvalue weighted by molar-refractivity contribution is 5.79. The van der Waals surface area contributed by atoms with E-state index in [0.29, 0.717) is 36.8 Å². The lowest BCUT2D eigenvalue weighted by molar-refractivity contribution is -0.137. The number of nitrogens with one attached hydrogen (secondary N) is 3. The van der Waals surface area contributed by atoms with Gasteiger partial charge in [0.05, 0.1) is 23.3 Å². The van der Waals surface area contributed by atoms with Gasteiger partial charge in [0.25, 0.3) is 0 Å². The van der Waals surface area contributed by atoms with Crippen molar-refractivity contribution in [3.63, 3.8) is 0 Å². The second kappa shape index (κ2) is 10.7. The van der Waals surface area contributed by atoms with Crippen LogP contribution in [0.15, 0.2) is 12.4 Å². The van der Waals surface area contributed by atoms with Crippen LogP contribution in [0.25, 0.3) is 0 Å². The summed E-state index contributed by atoms with van der Waals surface area (Å²) in [6.07, 6.45) is 3.06. The third-order valence-corrected chi connectivity index (χ3v) is 8.08. The first-order valence-corrected chi connectivity index (χ1v) is 13.3. The predicted molar refractivity (Wildman–Crippen MR) is 137 cm³/mol. The van der Waals surface area contributed by atoms with Gasteiger partial charge in [0, 0.05) is 50.7 Å². The van der Waals surface area contributed by atoms with Crippen LogP contribution in [-0.2, 0) is 11.0 Å². The van der Waals surface area contributed by atoms with Crippen molar-refractivity contribution in [3.8, 4) is 0 Å². The monoisotopic (exact) mass is 535 g/mol. The van der Waals surface area contributed by atoms with Crippen molar-refractivity contribution in [3.05, 3.63) is 23.7 Å². The van der Waals surface area contributed by atoms with Gasteiger partial charge in [-0.1, -0.05) is 0 Å². The summed E-state index contributed by atoms with van der Waals surface area (Å²) in [4.78, 5) is 24.6. The van der Waals surface area contributed by atoms with E-state index in [9.17, 15) is 18.0 Å². The zero-order chi connectivity index (χ0) is 27.0. The van der Waals surface area contributed by atoms with Crippen LogP contribution >= 0.6 is 0 Å². The Labute approximate surface area is 220 Å². The average molecular weight is 536 g/mol. The summed E-state index contributed by atoms with van der Waals surface area (Å²) in [5.41, 5.74) is 0.479. The van der Waals surface area contributed by atoms with Crippen LogP contribution in [0.5, 0.6) is 0 Å². The number of rotatable bonds is 9. The molecule has 13 heteroatoms. The van der Waals surface area contributed by atoms with Gasteiger partial charge in [-0.25, -0.2) is 4.98 Å². The number of carbonyl (C=O) groups is 1. The fraction of sp³-hybridized carbons (Fsp3) is 0.680. The van der Waals surface area contributed by atoms with Crippen molar-refractivity contribution in [2.24, 2.45) is 5.92 Å². The highest BCUT2D eigenvalue weighted by Gasteiger charge is 2.39. The number of nitrogens with zero attached hydrogens (tertiary/aromatic N) is 6. The molecule has 5 heterocycles. The van der Waals surface area contributed by atoms with Crippen molar-refractivity contribution in [2.45, 2.75) is 63.3 Å². The highest BCUT2D eigenvalue weighted by Crippen LogP contribution is 2.40. The Balaban J connectivity index is 1.20. The Kier molecular flexibility index (Phi) is 7.49. The second-order valence-electron chi connectivity index (χ2n) is 10.9. The summed E-state index contributed by atoms with van der Waals surface area (Å²) in [6.45, 7) is 3.92. The molecule has 38 heavy (non-hydrogen) atoms. The minimum absolute atomic E-state index is 0.0114. The van der Waals surface area contributed by atoms with Gasteiger partial charge in [-0.2, -0.15) is 23.3 Å². The van der Waals surface area contributed by atoms with Gasteiger partial charge < -0.3 is 25.8 Å². The van der Waals surface area contributed by atoms with Gasteiger partial charge in [-0.05, 0) is 53.1 Å². The van der Waals surface area contributed by atoms with Crippen LogP contribution in [0.1, 0.15) is 49.4 Å². The molecule has 208 valence electrons. The van der Waals surface area contributed by atoms with E-state index in [-0.39, 0.29) is 30.1 Å². The van der Waals surface area contributed by atoms with Crippen LogP contribution in [0.4, 0.5) is 30.6 Å². The number of fused-ring (bicyclic) bond motifs is 2. The van der Waals surface area contributed by atoms with Crippen molar-refractivity contribution in [1.82, 2.24) is 34.9 Å². The normalized spacial score (nSPS) is 24.3. The number of likely N-dealkylation sites (tertiary alicyclic amines) is 1. The molecule has 3 saturated heterocycles. The average Bonchev–Trinajstić information content (AvgIpc) is 3.27. The van der Waals surface area contributed by atoms with E-state index in [1.54, 1.807) is 0 Å². The number of anilines is 3. The molecule has 3 N–H and O–H groups in total. The fourth-order valence-electron chi connectivity index (χ4n) is 5.81. The summed E-state index contributed by atoms with van der Waals surface area (Å²) in [5.74, 6) is -0.257. The number of carbonyl (C=O) groups excluding carboxylic acids is 1. The standard InChI is InChI=1S/C25H36F3N9O/c1-15-21(14-37(34-15)19-9-17-5-6-18(10-19)36(17)3)32-24-31-11-20(25(26,27)28)22(33-24)29-7-4-8-30-23(38)16-12-35(2)13-16/h11,14,16-19H,4-10,12-13H2,1-3H3,(H,30,38)(H2,29,31,32,33). The Bertz CT molecular complexity index is 1130. The highest BCUT2D eigenvalue weighted by atomic mass is 19.4. The predicted octanol–water partition coefficient (Wildman–Crippen LogP) is 3.02. The Morgan fingerprint density at radius 1 is 1.11 bits per heavy atom. The third kappa shape index (κ3) is 5.73. The van der Waals surface area contributed by atoms with Crippen molar-refractivity contribution >= 4 is 23.4 Å². The van der Waals surface area contributed by atoms with Crippen LogP contribution < -0.4 is 16.0 Å². The lowest BCUT2D eigenvalue weighted by Crippen LogP contribution is -2.51. The quantitative estimate of drug-likeness (QED) is 0.421. The summed E-state index contributed by atoms with van der Waals surface area (Å²) in [7, 11) is 4.14. The van der Waals surface area contributed by atoms with Crippen LogP contribution in [-0.4, -0.2) is 87.8 Å². The number of aromatic nitrogens is 4. The molecule has 2 aromatic heterocycles. The number of hydrogen-bond donors (Lipinski definition) is 3. The lowest BCUT2D eigenvalue weighted by Gasteiger charge is -2.36. The van der Waals surface area contributed by atoms with Gasteiger partial charge in [-0.15, -0.1) is 0 Å². The van der Waals surface area contributed by atoms with Crippen LogP contribution in [0.3, 0.4) is 0 Å². The maximum atomic E-state index is 13.6. The Morgan fingerprint density at radius 3 is 2.47 bits per heavy atom. The molecule has 0 spiro atoms. The zero-order valence-corrected chi connectivity index (χ0v) is 22.1. The molecule has 2 aromatic rings. The largest absolute Gasteiger partial charge is 0.421 e. The molecule has 5 rings (SSSR count). The first kappa shape index (κ1) is 26.7. The number of amides is 1. The van der Waals surface area contributed by atoms with E-state index in [2.05, 4.69) is 47.9 Å². The minimum Gasteiger partial charge on any atom is -0.369 e. The maximum Gasteiger partial charge on any atom is 0.421 e. The fourth-order valence-corrected chi connectivity index (χ4v) is 5.81. The van der Waals surface area contributed by atoms with Gasteiger partial charge >= 0.3 is 6.18 Å². The number of piperidine rings is 1. The number of halogens is 3. The molecule has 2 atom stereocenters. The van der Waals surface area contributed by atoms with Crippen molar-refractivity contribution in [2.75, 3.05) is 50.9 Å². The van der Waals surface area contributed by atoms with Crippen molar-refractivity contribution in [1.29, 1.82) is 0 Å². The van der Waals surface area contributed by atoms with E-state index in [1.165, 1.54) is 12.8 Å². The summed E-state index contributed by atoms with van der Waals surface area (Å²) < 4.78 is 42.8. The van der Waals surface area contributed by atoms with E-state index in [4.69, 9.17) is 0 Å². The van der Waals surface area contributed by atoms with Gasteiger partial charge in [0.1, 0.15) is 11.4 Å². The van der Waals surface area contributed by atoms with Crippen molar-refractivity contribution < 1.29 is 18.0 Å². The van der Waals surface area contributed by atoms with E-state index >= 15 is 0 Å². The topological polar surface area (TPSA) is 103 Å². The number of aryl methyl sites for hydroxylation is 1. The van der Waals surface area contributed by atoms with Gasteiger partial charge in [0.2, 0.25) is 11.9 Å². The van der Waals surface area contributed by atoms with Gasteiger partial charge in [-0.3, -0.25) is 9.48 Å². The molecule has 0 aliphatic carbocycles. The SMILES string of the molecule is Cc1nn(C2CC3CCC(C2)N3C)cc1Nc1ncc(C(F)(F)F)c(NCCCNC(=O)C2CN(C)C2)n1. The Morgan fingerprint density at radius 2 is 1.82 bits per heavy atom. The molecule has 0 radical (unpaired) electrons. The summed E-state index contributed by atoms with van der Waals surface area (Å²) >= 11 is 0. The third-order valence-electron chi connectivity index (χ3n) is 8.08. The molecule has 2 bridgehead atoms. The first-order valence-electron chi connectivity index (χ1n) is 13.3. The Hall–Kier alpha value is -2.93. The molecular formula is C25H36F3N9O. The molecule has 10 nitrogen and oxygen atoms in total. The summed E-state index contributed by atoms with van der Waals surface area (Å²) in [5, 5.41) is 13.4. The number of hydrogen-bond acceptors (Lipinski definition) is 8. The molecule has 3 aliphatic heterocycles. The maximum absolute atomic E-state index is 13.6. The number of alkyl halides is 3. The molecule has 0 saturated carbocycles. The van der Waals surface area contributed by atoms with E-state index in [0.717, 1.165) is 37.8 Å². The van der Waals surface area contributed by atoms with Gasteiger partial charge in [0.15, 0.2) is 0 Å². The molecule has 2 unspecified atom stereocenters. The minimum atomic E-state index is -4.60. The molecular weight excluding hydrogens is 499 g/mol. The smallest absolute Gasteiger partial charge is 0.369 e. The molecule has 3 aliphatic rings. The lowest BCUT2D eigenvalue weighted by atomic mass is 9.98. The van der Waals surface area contributed by atoms with Crippen LogP contribution in [0, 0.1) is 12.8 Å². The van der Waals surface area contributed by atoms with E-state index in [1.807, 2.05) is 24.9 Å². The zero-order valence-electron chi connectivity index (χ0n) is 22.1. The molecule has 1 amide bonds. The first-order chi connectivity index (χ1) is 18.1. The van der Waals surface area contributed by atoms with Crippen LogP contribution in [0.2, 0.25) is 0 Å². The van der Waals surface area contributed by atoms with E-state index < -0.39 is 11.7 Å². The summed E-state index contributed by atoms with van der Waals surface area (Å²) in [6, 6.07) is 1.44. The second-order valence-corrected chi connectivity index (χ2v) is 10.9. The molecule has 3 fully saturated rings. The molecule has 0 aromatic carbocycles.